The highest BCUT2D eigenvalue weighted by Crippen LogP contribution is 2.30. The number of rotatable bonds is 7. The molecule has 1 aromatic carbocycles. The van der Waals surface area contributed by atoms with Gasteiger partial charge in [0, 0.05) is 32.2 Å². The molecule has 0 radical (unpaired) electrons. The van der Waals surface area contributed by atoms with Gasteiger partial charge in [0.15, 0.2) is 0 Å². The molecule has 1 aliphatic rings. The largest absolute Gasteiger partial charge is 0.314 e. The number of hydrogen-bond acceptors (Lipinski definition) is 2. The second-order valence-corrected chi connectivity index (χ2v) is 6.40. The lowest BCUT2D eigenvalue weighted by atomic mass is 9.98. The molecule has 1 atom stereocenters. The van der Waals surface area contributed by atoms with Crippen molar-refractivity contribution in [2.45, 2.75) is 31.7 Å². The Hall–Kier alpha value is -0.420. The topological polar surface area (TPSA) is 15.3 Å². The molecule has 0 aliphatic carbocycles. The summed E-state index contributed by atoms with van der Waals surface area (Å²) in [6, 6.07) is 5.82. The fraction of sp³-hybridized carbons (Fsp3) is 0.529. The van der Waals surface area contributed by atoms with E-state index in [0.717, 1.165) is 39.0 Å². The average Bonchev–Trinajstić information content (AvgIpc) is 2.51. The third kappa shape index (κ3) is 5.65. The molecule has 1 heterocycles. The molecule has 0 bridgehead atoms. The molecule has 1 fully saturated rings. The Morgan fingerprint density at radius 2 is 2.05 bits per heavy atom. The molecule has 22 heavy (non-hydrogen) atoms. The SMILES string of the molecule is C=CCCCC[C@H](c1ccc(F)c(Br)c1)N1CCNCC1.Cl. The van der Waals surface area contributed by atoms with Gasteiger partial charge in [0.05, 0.1) is 4.47 Å². The van der Waals surface area contributed by atoms with Crippen molar-refractivity contribution in [2.24, 2.45) is 0 Å². The van der Waals surface area contributed by atoms with E-state index in [9.17, 15) is 4.39 Å². The van der Waals surface area contributed by atoms with Gasteiger partial charge in [0.25, 0.3) is 0 Å². The maximum atomic E-state index is 13.5. The van der Waals surface area contributed by atoms with Gasteiger partial charge >= 0.3 is 0 Å². The molecule has 0 saturated carbocycles. The zero-order valence-electron chi connectivity index (χ0n) is 12.9. The van der Waals surface area contributed by atoms with E-state index in [4.69, 9.17) is 0 Å². The lowest BCUT2D eigenvalue weighted by molar-refractivity contribution is 0.163. The van der Waals surface area contributed by atoms with Crippen molar-refractivity contribution in [3.05, 3.63) is 46.7 Å². The van der Waals surface area contributed by atoms with E-state index < -0.39 is 0 Å². The number of halogens is 3. The van der Waals surface area contributed by atoms with Crippen molar-refractivity contribution in [2.75, 3.05) is 26.2 Å². The maximum Gasteiger partial charge on any atom is 0.137 e. The normalized spacial score (nSPS) is 16.8. The minimum absolute atomic E-state index is 0. The number of unbranched alkanes of at least 4 members (excludes halogenated alkanes) is 2. The van der Waals surface area contributed by atoms with Gasteiger partial charge in [0.2, 0.25) is 0 Å². The summed E-state index contributed by atoms with van der Waals surface area (Å²) in [6.45, 7) is 7.96. The number of benzene rings is 1. The smallest absolute Gasteiger partial charge is 0.137 e. The first-order chi connectivity index (χ1) is 10.2. The Kier molecular flexibility index (Phi) is 9.25. The molecule has 1 aromatic rings. The van der Waals surface area contributed by atoms with Gasteiger partial charge in [-0.05, 0) is 52.9 Å². The zero-order chi connectivity index (χ0) is 15.1. The van der Waals surface area contributed by atoms with Crippen LogP contribution in [0.2, 0.25) is 0 Å². The van der Waals surface area contributed by atoms with Crippen molar-refractivity contribution in [3.8, 4) is 0 Å². The van der Waals surface area contributed by atoms with E-state index in [1.807, 2.05) is 18.2 Å². The third-order valence-corrected chi connectivity index (χ3v) is 4.66. The Labute approximate surface area is 147 Å². The summed E-state index contributed by atoms with van der Waals surface area (Å²) in [4.78, 5) is 2.52. The predicted molar refractivity (Wildman–Crippen MR) is 97.2 cm³/mol. The zero-order valence-corrected chi connectivity index (χ0v) is 15.3. The van der Waals surface area contributed by atoms with Gasteiger partial charge in [-0.15, -0.1) is 19.0 Å². The Morgan fingerprint density at radius 1 is 1.32 bits per heavy atom. The molecular formula is C17H25BrClFN2. The van der Waals surface area contributed by atoms with Gasteiger partial charge in [-0.2, -0.15) is 0 Å². The van der Waals surface area contributed by atoms with Crippen molar-refractivity contribution in [3.63, 3.8) is 0 Å². The standard InChI is InChI=1S/C17H24BrFN2.ClH/c1-2-3-4-5-6-17(21-11-9-20-10-12-21)14-7-8-16(19)15(18)13-14;/h2,7-8,13,17,20H,1,3-6,9-12H2;1H/t17-;/m1./s1. The van der Waals surface area contributed by atoms with E-state index in [2.05, 4.69) is 32.7 Å². The molecule has 2 nitrogen and oxygen atoms in total. The summed E-state index contributed by atoms with van der Waals surface area (Å²) in [5.74, 6) is -0.190. The van der Waals surface area contributed by atoms with Gasteiger partial charge in [-0.25, -0.2) is 4.39 Å². The molecule has 2 rings (SSSR count). The number of nitrogens with one attached hydrogen (secondary N) is 1. The van der Waals surface area contributed by atoms with Crippen molar-refractivity contribution < 1.29 is 4.39 Å². The van der Waals surface area contributed by atoms with Crippen LogP contribution >= 0.6 is 28.3 Å². The van der Waals surface area contributed by atoms with Crippen LogP contribution in [-0.4, -0.2) is 31.1 Å². The third-order valence-electron chi connectivity index (χ3n) is 4.06. The number of allylic oxidation sites excluding steroid dienone is 1. The lowest BCUT2D eigenvalue weighted by Gasteiger charge is -2.35. The summed E-state index contributed by atoms with van der Waals surface area (Å²) in [5, 5.41) is 3.39. The molecule has 124 valence electrons. The second kappa shape index (κ2) is 10.4. The van der Waals surface area contributed by atoms with Crippen molar-refractivity contribution >= 4 is 28.3 Å². The first kappa shape index (κ1) is 19.6. The molecular weight excluding hydrogens is 367 g/mol. The molecule has 0 amide bonds. The number of nitrogens with zero attached hydrogens (tertiary/aromatic N) is 1. The molecule has 0 aromatic heterocycles. The van der Waals surface area contributed by atoms with E-state index >= 15 is 0 Å². The van der Waals surface area contributed by atoms with Gasteiger partial charge < -0.3 is 5.32 Å². The number of hydrogen-bond donors (Lipinski definition) is 1. The van der Waals surface area contributed by atoms with Crippen molar-refractivity contribution in [1.82, 2.24) is 10.2 Å². The van der Waals surface area contributed by atoms with Crippen LogP contribution in [0.3, 0.4) is 0 Å². The van der Waals surface area contributed by atoms with Crippen LogP contribution in [0.15, 0.2) is 35.3 Å². The molecule has 0 unspecified atom stereocenters. The summed E-state index contributed by atoms with van der Waals surface area (Å²) in [5.41, 5.74) is 1.21. The van der Waals surface area contributed by atoms with Crippen LogP contribution in [0.4, 0.5) is 4.39 Å². The molecule has 0 spiro atoms. The highest BCUT2D eigenvalue weighted by Gasteiger charge is 2.22. The highest BCUT2D eigenvalue weighted by atomic mass is 79.9. The van der Waals surface area contributed by atoms with Crippen LogP contribution in [0.1, 0.15) is 37.3 Å². The number of piperazine rings is 1. The van der Waals surface area contributed by atoms with E-state index in [1.165, 1.54) is 18.4 Å². The molecule has 1 saturated heterocycles. The Bertz CT molecular complexity index is 464. The first-order valence-electron chi connectivity index (χ1n) is 7.73. The van der Waals surface area contributed by atoms with Gasteiger partial charge in [-0.3, -0.25) is 4.90 Å². The molecule has 1 aliphatic heterocycles. The van der Waals surface area contributed by atoms with Gasteiger partial charge in [0.1, 0.15) is 5.82 Å². The summed E-state index contributed by atoms with van der Waals surface area (Å²) < 4.78 is 14.0. The minimum atomic E-state index is -0.190. The van der Waals surface area contributed by atoms with Crippen LogP contribution < -0.4 is 5.32 Å². The first-order valence-corrected chi connectivity index (χ1v) is 8.52. The van der Waals surface area contributed by atoms with Crippen LogP contribution in [0.25, 0.3) is 0 Å². The van der Waals surface area contributed by atoms with Crippen LogP contribution in [0, 0.1) is 5.82 Å². The monoisotopic (exact) mass is 390 g/mol. The van der Waals surface area contributed by atoms with Gasteiger partial charge in [-0.1, -0.05) is 18.6 Å². The fourth-order valence-corrected chi connectivity index (χ4v) is 3.30. The van der Waals surface area contributed by atoms with E-state index in [0.29, 0.717) is 10.5 Å². The van der Waals surface area contributed by atoms with E-state index in [1.54, 1.807) is 6.07 Å². The predicted octanol–water partition coefficient (Wildman–Crippen LogP) is 4.70. The van der Waals surface area contributed by atoms with Crippen LogP contribution in [-0.2, 0) is 0 Å². The average molecular weight is 392 g/mol. The molecule has 1 N–H and O–H groups in total. The highest BCUT2D eigenvalue weighted by molar-refractivity contribution is 9.10. The molecule has 5 heteroatoms. The minimum Gasteiger partial charge on any atom is -0.314 e. The van der Waals surface area contributed by atoms with Crippen LogP contribution in [0.5, 0.6) is 0 Å². The second-order valence-electron chi connectivity index (χ2n) is 5.55. The van der Waals surface area contributed by atoms with E-state index in [-0.39, 0.29) is 18.2 Å². The Balaban J connectivity index is 0.00000242. The quantitative estimate of drug-likeness (QED) is 0.535. The fourth-order valence-electron chi connectivity index (χ4n) is 2.90. The summed E-state index contributed by atoms with van der Waals surface area (Å²) in [6.07, 6.45) is 6.52. The summed E-state index contributed by atoms with van der Waals surface area (Å²) >= 11 is 3.31. The summed E-state index contributed by atoms with van der Waals surface area (Å²) in [7, 11) is 0. The Morgan fingerprint density at radius 3 is 2.68 bits per heavy atom. The maximum absolute atomic E-state index is 13.5. The van der Waals surface area contributed by atoms with Crippen molar-refractivity contribution in [1.29, 1.82) is 0 Å². The lowest BCUT2D eigenvalue weighted by Crippen LogP contribution is -2.45.